The summed E-state index contributed by atoms with van der Waals surface area (Å²) in [6, 6.07) is 13.6. The molecule has 0 aliphatic rings. The molecule has 0 fully saturated rings. The summed E-state index contributed by atoms with van der Waals surface area (Å²) in [5.74, 6) is 0.972. The molecule has 0 amide bonds. The third kappa shape index (κ3) is 3.71. The minimum Gasteiger partial charge on any atom is -0.298 e. The number of aryl methyl sites for hydroxylation is 1. The van der Waals surface area contributed by atoms with Crippen molar-refractivity contribution in [2.45, 2.75) is 11.3 Å². The molecule has 2 nitrogen and oxygen atoms in total. The standard InChI is InChI=1S/C14H13NOS/c16-11-12-4-3-6-14(10-12)17-9-7-13-5-1-2-8-15-13/h1-6,8,10-11H,7,9H2. The van der Waals surface area contributed by atoms with Gasteiger partial charge in [0.05, 0.1) is 0 Å². The van der Waals surface area contributed by atoms with Crippen molar-refractivity contribution in [3.05, 3.63) is 59.9 Å². The number of hydrogen-bond acceptors (Lipinski definition) is 3. The summed E-state index contributed by atoms with van der Waals surface area (Å²) < 4.78 is 0. The summed E-state index contributed by atoms with van der Waals surface area (Å²) in [5, 5.41) is 0. The van der Waals surface area contributed by atoms with Gasteiger partial charge in [-0.3, -0.25) is 9.78 Å². The number of hydrogen-bond donors (Lipinski definition) is 0. The highest BCUT2D eigenvalue weighted by Crippen LogP contribution is 2.19. The van der Waals surface area contributed by atoms with E-state index in [2.05, 4.69) is 4.98 Å². The third-order valence-corrected chi connectivity index (χ3v) is 3.34. The van der Waals surface area contributed by atoms with Gasteiger partial charge in [0.1, 0.15) is 6.29 Å². The van der Waals surface area contributed by atoms with Crippen LogP contribution in [0.1, 0.15) is 16.1 Å². The first kappa shape index (κ1) is 11.9. The van der Waals surface area contributed by atoms with Crippen molar-refractivity contribution in [3.8, 4) is 0 Å². The average molecular weight is 243 g/mol. The monoisotopic (exact) mass is 243 g/mol. The van der Waals surface area contributed by atoms with Gasteiger partial charge < -0.3 is 0 Å². The van der Waals surface area contributed by atoms with Crippen LogP contribution in [-0.4, -0.2) is 17.0 Å². The molecule has 1 heterocycles. The Balaban J connectivity index is 1.88. The van der Waals surface area contributed by atoms with Crippen LogP contribution in [0.4, 0.5) is 0 Å². The van der Waals surface area contributed by atoms with E-state index >= 15 is 0 Å². The first-order valence-electron chi connectivity index (χ1n) is 5.46. The highest BCUT2D eigenvalue weighted by atomic mass is 32.2. The number of carbonyl (C=O) groups is 1. The topological polar surface area (TPSA) is 30.0 Å². The highest BCUT2D eigenvalue weighted by molar-refractivity contribution is 7.99. The average Bonchev–Trinajstić information content (AvgIpc) is 2.40. The Labute approximate surface area is 105 Å². The molecule has 0 unspecified atom stereocenters. The molecule has 0 aliphatic carbocycles. The molecule has 3 heteroatoms. The second-order valence-corrected chi connectivity index (χ2v) is 4.78. The number of carbonyl (C=O) groups excluding carboxylic acids is 1. The molecular weight excluding hydrogens is 230 g/mol. The van der Waals surface area contributed by atoms with Gasteiger partial charge in [0.2, 0.25) is 0 Å². The fourth-order valence-corrected chi connectivity index (χ4v) is 2.44. The van der Waals surface area contributed by atoms with Crippen molar-refractivity contribution in [2.24, 2.45) is 0 Å². The van der Waals surface area contributed by atoms with Crippen LogP contribution in [0, 0.1) is 0 Å². The number of rotatable bonds is 5. The Hall–Kier alpha value is -1.61. The second-order valence-electron chi connectivity index (χ2n) is 3.61. The summed E-state index contributed by atoms with van der Waals surface area (Å²) >= 11 is 1.75. The molecule has 0 N–H and O–H groups in total. The molecule has 0 aliphatic heterocycles. The van der Waals surface area contributed by atoms with Gasteiger partial charge in [0.25, 0.3) is 0 Å². The Morgan fingerprint density at radius 2 is 2.12 bits per heavy atom. The summed E-state index contributed by atoms with van der Waals surface area (Å²) in [6.45, 7) is 0. The Kier molecular flexibility index (Phi) is 4.33. The minimum atomic E-state index is 0.729. The first-order chi connectivity index (χ1) is 8.38. The summed E-state index contributed by atoms with van der Waals surface area (Å²) in [4.78, 5) is 16.0. The quantitative estimate of drug-likeness (QED) is 0.596. The predicted molar refractivity (Wildman–Crippen MR) is 70.5 cm³/mol. The van der Waals surface area contributed by atoms with Gasteiger partial charge in [-0.05, 0) is 30.7 Å². The van der Waals surface area contributed by atoms with Crippen LogP contribution >= 0.6 is 11.8 Å². The van der Waals surface area contributed by atoms with Gasteiger partial charge in [0.15, 0.2) is 0 Å². The molecule has 86 valence electrons. The highest BCUT2D eigenvalue weighted by Gasteiger charge is 1.97. The SMILES string of the molecule is O=Cc1cccc(SCCc2ccccn2)c1. The molecule has 0 atom stereocenters. The van der Waals surface area contributed by atoms with E-state index in [0.29, 0.717) is 0 Å². The van der Waals surface area contributed by atoms with E-state index < -0.39 is 0 Å². The van der Waals surface area contributed by atoms with Crippen LogP contribution in [0.5, 0.6) is 0 Å². The second kappa shape index (κ2) is 6.21. The lowest BCUT2D eigenvalue weighted by atomic mass is 10.2. The van der Waals surface area contributed by atoms with E-state index in [0.717, 1.165) is 34.6 Å². The van der Waals surface area contributed by atoms with Crippen molar-refractivity contribution in [1.29, 1.82) is 0 Å². The van der Waals surface area contributed by atoms with Gasteiger partial charge in [-0.1, -0.05) is 18.2 Å². The van der Waals surface area contributed by atoms with Crippen LogP contribution in [-0.2, 0) is 6.42 Å². The molecular formula is C14H13NOS. The van der Waals surface area contributed by atoms with Crippen molar-refractivity contribution in [3.63, 3.8) is 0 Å². The number of benzene rings is 1. The molecule has 2 aromatic rings. The lowest BCUT2D eigenvalue weighted by Gasteiger charge is -2.02. The van der Waals surface area contributed by atoms with E-state index in [9.17, 15) is 4.79 Å². The maximum atomic E-state index is 10.6. The molecule has 17 heavy (non-hydrogen) atoms. The van der Waals surface area contributed by atoms with Crippen molar-refractivity contribution in [2.75, 3.05) is 5.75 Å². The number of aromatic nitrogens is 1. The van der Waals surface area contributed by atoms with Gasteiger partial charge in [-0.2, -0.15) is 0 Å². The number of pyridine rings is 1. The summed E-state index contributed by atoms with van der Waals surface area (Å²) in [6.07, 6.45) is 3.63. The molecule has 1 aromatic heterocycles. The van der Waals surface area contributed by atoms with E-state index in [-0.39, 0.29) is 0 Å². The molecule has 1 aromatic carbocycles. The first-order valence-corrected chi connectivity index (χ1v) is 6.45. The van der Waals surface area contributed by atoms with E-state index in [1.165, 1.54) is 0 Å². The van der Waals surface area contributed by atoms with E-state index in [4.69, 9.17) is 0 Å². The zero-order valence-corrected chi connectivity index (χ0v) is 10.2. The lowest BCUT2D eigenvalue weighted by molar-refractivity contribution is 0.112. The maximum Gasteiger partial charge on any atom is 0.150 e. The van der Waals surface area contributed by atoms with E-state index in [1.54, 1.807) is 11.8 Å². The summed E-state index contributed by atoms with van der Waals surface area (Å²) in [5.41, 5.74) is 1.83. The minimum absolute atomic E-state index is 0.729. The fourth-order valence-electron chi connectivity index (χ4n) is 1.50. The van der Waals surface area contributed by atoms with Crippen LogP contribution in [0.15, 0.2) is 53.6 Å². The molecule has 0 spiro atoms. The number of nitrogens with zero attached hydrogens (tertiary/aromatic N) is 1. The summed E-state index contributed by atoms with van der Waals surface area (Å²) in [7, 11) is 0. The molecule has 0 radical (unpaired) electrons. The van der Waals surface area contributed by atoms with Crippen LogP contribution in [0.2, 0.25) is 0 Å². The Morgan fingerprint density at radius 3 is 2.88 bits per heavy atom. The Bertz CT molecular complexity index is 485. The maximum absolute atomic E-state index is 10.6. The molecule has 0 saturated heterocycles. The largest absolute Gasteiger partial charge is 0.298 e. The van der Waals surface area contributed by atoms with Crippen molar-refractivity contribution >= 4 is 18.0 Å². The van der Waals surface area contributed by atoms with E-state index in [1.807, 2.05) is 48.7 Å². The van der Waals surface area contributed by atoms with Gasteiger partial charge in [0, 0.05) is 28.1 Å². The van der Waals surface area contributed by atoms with Gasteiger partial charge in [-0.15, -0.1) is 11.8 Å². The smallest absolute Gasteiger partial charge is 0.150 e. The van der Waals surface area contributed by atoms with Crippen LogP contribution in [0.25, 0.3) is 0 Å². The molecule has 0 bridgehead atoms. The van der Waals surface area contributed by atoms with Crippen LogP contribution < -0.4 is 0 Å². The van der Waals surface area contributed by atoms with Crippen molar-refractivity contribution < 1.29 is 4.79 Å². The van der Waals surface area contributed by atoms with Gasteiger partial charge >= 0.3 is 0 Å². The van der Waals surface area contributed by atoms with Gasteiger partial charge in [-0.25, -0.2) is 0 Å². The fraction of sp³-hybridized carbons (Fsp3) is 0.143. The Morgan fingerprint density at radius 1 is 1.18 bits per heavy atom. The molecule has 0 saturated carbocycles. The van der Waals surface area contributed by atoms with Crippen LogP contribution in [0.3, 0.4) is 0 Å². The third-order valence-electron chi connectivity index (χ3n) is 2.35. The molecule has 2 rings (SSSR count). The zero-order chi connectivity index (χ0) is 11.9. The number of thioether (sulfide) groups is 1. The normalized spacial score (nSPS) is 10.1. The number of aldehydes is 1. The lowest BCUT2D eigenvalue weighted by Crippen LogP contribution is -1.91. The van der Waals surface area contributed by atoms with Crippen molar-refractivity contribution in [1.82, 2.24) is 4.98 Å². The predicted octanol–water partition coefficient (Wildman–Crippen LogP) is 3.23. The zero-order valence-electron chi connectivity index (χ0n) is 9.37.